The molecule has 0 amide bonds. The summed E-state index contributed by atoms with van der Waals surface area (Å²) in [4.78, 5) is 0. The lowest BCUT2D eigenvalue weighted by Crippen LogP contribution is -2.39. The van der Waals surface area contributed by atoms with E-state index < -0.39 is 0 Å². The van der Waals surface area contributed by atoms with E-state index in [1.165, 1.54) is 11.5 Å². The molecule has 3 N–H and O–H groups in total. The maximum Gasteiger partial charge on any atom is 0.0767 e. The topological polar surface area (TPSA) is 55.9 Å². The largest absolute Gasteiger partial charge is 0.271 e. The van der Waals surface area contributed by atoms with Crippen molar-refractivity contribution in [3.05, 3.63) is 16.4 Å². The molecule has 1 aromatic heterocycles. The Labute approximate surface area is 125 Å². The van der Waals surface area contributed by atoms with Crippen molar-refractivity contribution >= 4 is 39.5 Å². The molecule has 2 unspecified atom stereocenters. The number of hydrogen-bond donors (Lipinski definition) is 2. The molecule has 0 aromatic carbocycles. The van der Waals surface area contributed by atoms with Crippen LogP contribution in [0.2, 0.25) is 0 Å². The molecular formula is C11H19BrN4S2. The summed E-state index contributed by atoms with van der Waals surface area (Å²) in [5.41, 5.74) is 4.14. The summed E-state index contributed by atoms with van der Waals surface area (Å²) in [6.07, 6.45) is 1.86. The van der Waals surface area contributed by atoms with Gasteiger partial charge in [-0.25, -0.2) is 0 Å². The number of hydrazine groups is 1. The van der Waals surface area contributed by atoms with Crippen LogP contribution in [-0.2, 0) is 0 Å². The van der Waals surface area contributed by atoms with Gasteiger partial charge in [-0.2, -0.15) is 28.6 Å². The van der Waals surface area contributed by atoms with E-state index >= 15 is 0 Å². The number of rotatable bonds is 4. The average molecular weight is 351 g/mol. The van der Waals surface area contributed by atoms with Crippen molar-refractivity contribution in [1.29, 1.82) is 0 Å². The van der Waals surface area contributed by atoms with Crippen molar-refractivity contribution in [2.45, 2.75) is 31.2 Å². The van der Waals surface area contributed by atoms with Crippen LogP contribution in [0.4, 0.5) is 0 Å². The molecule has 2 heterocycles. The predicted molar refractivity (Wildman–Crippen MR) is 83.9 cm³/mol. The fourth-order valence-electron chi connectivity index (χ4n) is 2.11. The zero-order valence-corrected chi connectivity index (χ0v) is 13.8. The number of nitrogens with one attached hydrogen (secondary N) is 1. The molecule has 1 aliphatic rings. The van der Waals surface area contributed by atoms with Crippen LogP contribution in [0.1, 0.15) is 31.6 Å². The minimum atomic E-state index is 0.141. The van der Waals surface area contributed by atoms with Gasteiger partial charge in [-0.05, 0) is 29.8 Å². The molecule has 1 saturated heterocycles. The minimum Gasteiger partial charge on any atom is -0.271 e. The third kappa shape index (κ3) is 3.07. The molecule has 2 atom stereocenters. The van der Waals surface area contributed by atoms with Crippen molar-refractivity contribution in [1.82, 2.24) is 15.2 Å². The minimum absolute atomic E-state index is 0.141. The van der Waals surface area contributed by atoms with Crippen LogP contribution in [0, 0.1) is 0 Å². The first-order chi connectivity index (χ1) is 8.65. The lowest BCUT2D eigenvalue weighted by molar-refractivity contribution is 0.447. The van der Waals surface area contributed by atoms with Gasteiger partial charge in [0.25, 0.3) is 0 Å². The molecule has 2 rings (SSSR count). The quantitative estimate of drug-likeness (QED) is 0.645. The van der Waals surface area contributed by atoms with Crippen LogP contribution in [0.15, 0.2) is 10.7 Å². The lowest BCUT2D eigenvalue weighted by atomic mass is 10.1. The predicted octanol–water partition coefficient (Wildman–Crippen LogP) is 2.58. The summed E-state index contributed by atoms with van der Waals surface area (Å²) in [5.74, 6) is 9.37. The fraction of sp³-hybridized carbons (Fsp3) is 0.727. The van der Waals surface area contributed by atoms with E-state index in [0.717, 1.165) is 15.9 Å². The maximum absolute atomic E-state index is 5.80. The van der Waals surface area contributed by atoms with Crippen LogP contribution < -0.4 is 11.3 Å². The molecule has 1 aromatic rings. The second kappa shape index (κ2) is 6.65. The summed E-state index contributed by atoms with van der Waals surface area (Å²) >= 11 is 7.60. The van der Waals surface area contributed by atoms with Gasteiger partial charge in [0.1, 0.15) is 0 Å². The van der Waals surface area contributed by atoms with Gasteiger partial charge in [0.15, 0.2) is 0 Å². The highest BCUT2D eigenvalue weighted by Gasteiger charge is 2.30. The average Bonchev–Trinajstić information content (AvgIpc) is 2.74. The van der Waals surface area contributed by atoms with Gasteiger partial charge < -0.3 is 0 Å². The number of hydrogen-bond acceptors (Lipinski definition) is 5. The molecule has 0 aliphatic carbocycles. The van der Waals surface area contributed by atoms with Crippen LogP contribution in [0.5, 0.6) is 0 Å². The standard InChI is InChI=1S/C11H19BrN4S2/c1-7(2)16-11(8(12)5-14-16)10(15-13)9-6-17-3-4-18-9/h5,7,9-10,15H,3-4,6,13H2,1-2H3. The van der Waals surface area contributed by atoms with Gasteiger partial charge in [-0.1, -0.05) is 0 Å². The number of aromatic nitrogens is 2. The van der Waals surface area contributed by atoms with Crippen molar-refractivity contribution < 1.29 is 0 Å². The number of thioether (sulfide) groups is 2. The number of nitrogens with zero attached hydrogens (tertiary/aromatic N) is 2. The highest BCUT2D eigenvalue weighted by molar-refractivity contribution is 9.10. The van der Waals surface area contributed by atoms with Crippen molar-refractivity contribution in [2.24, 2.45) is 5.84 Å². The second-order valence-electron chi connectivity index (χ2n) is 4.54. The molecule has 102 valence electrons. The van der Waals surface area contributed by atoms with E-state index in [0.29, 0.717) is 11.3 Å². The second-order valence-corrected chi connectivity index (χ2v) is 7.90. The molecule has 1 fully saturated rings. The first-order valence-corrected chi connectivity index (χ1v) is 9.03. The molecule has 0 bridgehead atoms. The molecule has 0 saturated carbocycles. The Hall–Kier alpha value is 0.310. The highest BCUT2D eigenvalue weighted by atomic mass is 79.9. The highest BCUT2D eigenvalue weighted by Crippen LogP contribution is 2.36. The summed E-state index contributed by atoms with van der Waals surface area (Å²) in [5, 5.41) is 4.94. The Balaban J connectivity index is 2.28. The van der Waals surface area contributed by atoms with E-state index in [1.807, 2.05) is 29.7 Å². The molecular weight excluding hydrogens is 332 g/mol. The maximum atomic E-state index is 5.80. The Morgan fingerprint density at radius 2 is 2.33 bits per heavy atom. The smallest absolute Gasteiger partial charge is 0.0767 e. The fourth-order valence-corrected chi connectivity index (χ4v) is 5.46. The number of nitrogens with two attached hydrogens (primary N) is 1. The molecule has 0 spiro atoms. The summed E-state index contributed by atoms with van der Waals surface area (Å²) in [7, 11) is 0. The van der Waals surface area contributed by atoms with Crippen LogP contribution in [-0.4, -0.2) is 32.3 Å². The summed E-state index contributed by atoms with van der Waals surface area (Å²) < 4.78 is 3.09. The van der Waals surface area contributed by atoms with E-state index in [1.54, 1.807) is 0 Å². The first-order valence-electron chi connectivity index (χ1n) is 6.03. The van der Waals surface area contributed by atoms with E-state index in [2.05, 4.69) is 45.0 Å². The van der Waals surface area contributed by atoms with Gasteiger partial charge in [0.05, 0.1) is 22.4 Å². The normalized spacial score (nSPS) is 22.4. The van der Waals surface area contributed by atoms with E-state index in [-0.39, 0.29) is 6.04 Å². The van der Waals surface area contributed by atoms with Gasteiger partial charge in [-0.3, -0.25) is 16.0 Å². The summed E-state index contributed by atoms with van der Waals surface area (Å²) in [6, 6.07) is 0.477. The molecule has 1 aliphatic heterocycles. The Bertz CT molecular complexity index is 390. The zero-order chi connectivity index (χ0) is 13.1. The van der Waals surface area contributed by atoms with Gasteiger partial charge in [0.2, 0.25) is 0 Å². The third-order valence-corrected chi connectivity index (χ3v) is 6.44. The SMILES string of the molecule is CC(C)n1ncc(Br)c1C(NN)C1CSCCS1. The molecule has 7 heteroatoms. The van der Waals surface area contributed by atoms with Crippen molar-refractivity contribution in [2.75, 3.05) is 17.3 Å². The van der Waals surface area contributed by atoms with Crippen LogP contribution in [0.25, 0.3) is 0 Å². The molecule has 4 nitrogen and oxygen atoms in total. The van der Waals surface area contributed by atoms with Gasteiger partial charge in [0, 0.05) is 28.6 Å². The third-order valence-electron chi connectivity index (χ3n) is 2.96. The zero-order valence-electron chi connectivity index (χ0n) is 10.6. The van der Waals surface area contributed by atoms with E-state index in [4.69, 9.17) is 5.84 Å². The Kier molecular flexibility index (Phi) is 5.44. The number of halogens is 1. The monoisotopic (exact) mass is 350 g/mol. The van der Waals surface area contributed by atoms with Crippen LogP contribution >= 0.6 is 39.5 Å². The van der Waals surface area contributed by atoms with Crippen molar-refractivity contribution in [3.63, 3.8) is 0 Å². The van der Waals surface area contributed by atoms with E-state index in [9.17, 15) is 0 Å². The summed E-state index contributed by atoms with van der Waals surface area (Å²) in [6.45, 7) is 4.28. The molecule has 0 radical (unpaired) electrons. The lowest BCUT2D eigenvalue weighted by Gasteiger charge is -2.30. The first kappa shape index (κ1) is 14.7. The Morgan fingerprint density at radius 1 is 1.56 bits per heavy atom. The van der Waals surface area contributed by atoms with Crippen molar-refractivity contribution in [3.8, 4) is 0 Å². The van der Waals surface area contributed by atoms with Crippen LogP contribution in [0.3, 0.4) is 0 Å². The molecule has 18 heavy (non-hydrogen) atoms. The Morgan fingerprint density at radius 3 is 2.89 bits per heavy atom. The van der Waals surface area contributed by atoms with Gasteiger partial charge >= 0.3 is 0 Å². The van der Waals surface area contributed by atoms with Gasteiger partial charge in [-0.15, -0.1) is 0 Å².